The first-order valence-corrected chi connectivity index (χ1v) is 6.92. The average Bonchev–Trinajstić information content (AvgIpc) is 3.16. The summed E-state index contributed by atoms with van der Waals surface area (Å²) in [6.45, 7) is 0. The largest absolute Gasteiger partial charge is 0.448 e. The molecule has 3 aromatic heterocycles. The zero-order valence-electron chi connectivity index (χ0n) is 11.6. The molecular formula is C17H12FN3O. The van der Waals surface area contributed by atoms with Gasteiger partial charge in [0, 0.05) is 18.7 Å². The van der Waals surface area contributed by atoms with Crippen LogP contribution in [0.5, 0.6) is 0 Å². The van der Waals surface area contributed by atoms with Crippen LogP contribution in [0.1, 0.15) is 11.4 Å². The lowest BCUT2D eigenvalue weighted by Crippen LogP contribution is -2.03. The number of furan rings is 1. The molecule has 0 amide bonds. The molecule has 0 bridgehead atoms. The van der Waals surface area contributed by atoms with Crippen LogP contribution in [0.4, 0.5) is 4.39 Å². The highest BCUT2D eigenvalue weighted by molar-refractivity contribution is 5.73. The minimum absolute atomic E-state index is 0.242. The second-order valence-electron chi connectivity index (χ2n) is 4.93. The molecule has 0 aliphatic rings. The molecule has 0 saturated heterocycles. The Bertz CT molecular complexity index is 928. The van der Waals surface area contributed by atoms with Gasteiger partial charge >= 0.3 is 0 Å². The second kappa shape index (κ2) is 5.11. The van der Waals surface area contributed by atoms with Gasteiger partial charge in [-0.15, -0.1) is 0 Å². The number of benzene rings is 1. The second-order valence-corrected chi connectivity index (χ2v) is 4.93. The summed E-state index contributed by atoms with van der Waals surface area (Å²) < 4.78 is 21.2. The summed E-state index contributed by atoms with van der Waals surface area (Å²) in [7, 11) is 0. The number of imidazole rings is 1. The van der Waals surface area contributed by atoms with Gasteiger partial charge in [0.2, 0.25) is 5.88 Å². The quantitative estimate of drug-likeness (QED) is 0.578. The van der Waals surface area contributed by atoms with Crippen molar-refractivity contribution in [3.63, 3.8) is 0 Å². The number of hydrogen-bond donors (Lipinski definition) is 0. The van der Waals surface area contributed by atoms with Gasteiger partial charge in [0.1, 0.15) is 17.2 Å². The lowest BCUT2D eigenvalue weighted by atomic mass is 10.1. The standard InChI is InChI=1S/C17H12FN3O/c18-13-6-2-1-5-12(13)11-15-20-14-7-3-9-19-17(14)21(15)16-8-4-10-22-16/h1-10H,11H2. The molecule has 0 aliphatic carbocycles. The molecule has 0 saturated carbocycles. The Morgan fingerprint density at radius 2 is 1.95 bits per heavy atom. The van der Waals surface area contributed by atoms with E-state index in [1.165, 1.54) is 6.07 Å². The topological polar surface area (TPSA) is 43.9 Å². The Labute approximate surface area is 125 Å². The third-order valence-corrected chi connectivity index (χ3v) is 3.52. The van der Waals surface area contributed by atoms with Gasteiger partial charge in [0.25, 0.3) is 0 Å². The highest BCUT2D eigenvalue weighted by atomic mass is 19.1. The zero-order chi connectivity index (χ0) is 14.9. The fraction of sp³-hybridized carbons (Fsp3) is 0.0588. The van der Waals surface area contributed by atoms with Gasteiger partial charge in [-0.25, -0.2) is 18.9 Å². The van der Waals surface area contributed by atoms with E-state index >= 15 is 0 Å². The maximum absolute atomic E-state index is 13.9. The normalized spacial score (nSPS) is 11.1. The van der Waals surface area contributed by atoms with E-state index < -0.39 is 0 Å². The Morgan fingerprint density at radius 3 is 2.77 bits per heavy atom. The highest BCUT2D eigenvalue weighted by Crippen LogP contribution is 2.22. The van der Waals surface area contributed by atoms with E-state index in [2.05, 4.69) is 9.97 Å². The number of aromatic nitrogens is 3. The number of rotatable bonds is 3. The lowest BCUT2D eigenvalue weighted by Gasteiger charge is -2.06. The van der Waals surface area contributed by atoms with Crippen molar-refractivity contribution in [1.82, 2.24) is 14.5 Å². The van der Waals surface area contributed by atoms with E-state index in [0.717, 1.165) is 5.52 Å². The summed E-state index contributed by atoms with van der Waals surface area (Å²) >= 11 is 0. The minimum atomic E-state index is -0.242. The van der Waals surface area contributed by atoms with E-state index in [4.69, 9.17) is 4.42 Å². The van der Waals surface area contributed by atoms with E-state index in [1.54, 1.807) is 30.7 Å². The smallest absolute Gasteiger partial charge is 0.206 e. The fourth-order valence-corrected chi connectivity index (χ4v) is 2.52. The first kappa shape index (κ1) is 12.8. The van der Waals surface area contributed by atoms with Crippen LogP contribution in [0.15, 0.2) is 65.4 Å². The monoisotopic (exact) mass is 293 g/mol. The van der Waals surface area contributed by atoms with Crippen molar-refractivity contribution in [3.05, 3.63) is 78.2 Å². The molecule has 22 heavy (non-hydrogen) atoms. The van der Waals surface area contributed by atoms with Crippen LogP contribution in [-0.4, -0.2) is 14.5 Å². The van der Waals surface area contributed by atoms with Gasteiger partial charge in [0.05, 0.1) is 6.26 Å². The molecule has 5 heteroatoms. The molecule has 4 aromatic rings. The summed E-state index contributed by atoms with van der Waals surface area (Å²) in [5.74, 6) is 1.06. The van der Waals surface area contributed by atoms with E-state index in [0.29, 0.717) is 29.3 Å². The lowest BCUT2D eigenvalue weighted by molar-refractivity contribution is 0.535. The van der Waals surface area contributed by atoms with Gasteiger partial charge < -0.3 is 4.42 Å². The Kier molecular flexibility index (Phi) is 2.96. The van der Waals surface area contributed by atoms with Crippen molar-refractivity contribution < 1.29 is 8.81 Å². The summed E-state index contributed by atoms with van der Waals surface area (Å²) in [5, 5.41) is 0. The van der Waals surface area contributed by atoms with Crippen LogP contribution in [0.2, 0.25) is 0 Å². The molecule has 3 heterocycles. The Balaban J connectivity index is 1.90. The molecule has 0 unspecified atom stereocenters. The van der Waals surface area contributed by atoms with Crippen LogP contribution in [0, 0.1) is 5.82 Å². The molecule has 1 aromatic carbocycles. The van der Waals surface area contributed by atoms with Crippen LogP contribution < -0.4 is 0 Å². The van der Waals surface area contributed by atoms with Crippen molar-refractivity contribution in [1.29, 1.82) is 0 Å². The Morgan fingerprint density at radius 1 is 1.05 bits per heavy atom. The van der Waals surface area contributed by atoms with Gasteiger partial charge in [-0.1, -0.05) is 18.2 Å². The number of halogens is 1. The average molecular weight is 293 g/mol. The van der Waals surface area contributed by atoms with Crippen molar-refractivity contribution >= 4 is 11.2 Å². The van der Waals surface area contributed by atoms with Gasteiger partial charge in [-0.3, -0.25) is 0 Å². The molecule has 0 spiro atoms. The number of nitrogens with zero attached hydrogens (tertiary/aromatic N) is 3. The number of hydrogen-bond acceptors (Lipinski definition) is 3. The number of pyridine rings is 1. The molecule has 108 valence electrons. The highest BCUT2D eigenvalue weighted by Gasteiger charge is 2.16. The molecule has 0 radical (unpaired) electrons. The molecule has 0 atom stereocenters. The van der Waals surface area contributed by atoms with Crippen molar-refractivity contribution in [2.75, 3.05) is 0 Å². The van der Waals surface area contributed by atoms with Crippen molar-refractivity contribution in [2.24, 2.45) is 0 Å². The first-order chi connectivity index (χ1) is 10.8. The summed E-state index contributed by atoms with van der Waals surface area (Å²) in [6, 6.07) is 14.0. The van der Waals surface area contributed by atoms with Gasteiger partial charge in [-0.2, -0.15) is 0 Å². The van der Waals surface area contributed by atoms with E-state index in [1.807, 2.05) is 28.8 Å². The molecule has 4 nitrogen and oxygen atoms in total. The minimum Gasteiger partial charge on any atom is -0.448 e. The SMILES string of the molecule is Fc1ccccc1Cc1nc2cccnc2n1-c1ccco1. The maximum atomic E-state index is 13.9. The summed E-state index contributed by atoms with van der Waals surface area (Å²) in [6.07, 6.45) is 3.66. The molecule has 4 rings (SSSR count). The predicted molar refractivity (Wildman–Crippen MR) is 80.3 cm³/mol. The molecule has 0 aliphatic heterocycles. The van der Waals surface area contributed by atoms with E-state index in [9.17, 15) is 4.39 Å². The molecule has 0 N–H and O–H groups in total. The summed E-state index contributed by atoms with van der Waals surface area (Å²) in [4.78, 5) is 8.95. The Hall–Kier alpha value is -2.95. The maximum Gasteiger partial charge on any atom is 0.206 e. The fourth-order valence-electron chi connectivity index (χ4n) is 2.52. The van der Waals surface area contributed by atoms with Crippen LogP contribution >= 0.6 is 0 Å². The molecular weight excluding hydrogens is 281 g/mol. The molecule has 0 fully saturated rings. The predicted octanol–water partition coefficient (Wildman–Crippen LogP) is 3.74. The third kappa shape index (κ3) is 2.07. The van der Waals surface area contributed by atoms with Crippen molar-refractivity contribution in [3.8, 4) is 5.88 Å². The van der Waals surface area contributed by atoms with Gasteiger partial charge in [-0.05, 0) is 29.8 Å². The number of fused-ring (bicyclic) bond motifs is 1. The van der Waals surface area contributed by atoms with E-state index in [-0.39, 0.29) is 5.82 Å². The van der Waals surface area contributed by atoms with Crippen LogP contribution in [0.25, 0.3) is 17.0 Å². The van der Waals surface area contributed by atoms with Crippen LogP contribution in [-0.2, 0) is 6.42 Å². The first-order valence-electron chi connectivity index (χ1n) is 6.92. The zero-order valence-corrected chi connectivity index (χ0v) is 11.6. The third-order valence-electron chi connectivity index (χ3n) is 3.52. The van der Waals surface area contributed by atoms with Gasteiger partial charge in [0.15, 0.2) is 5.65 Å². The van der Waals surface area contributed by atoms with Crippen molar-refractivity contribution in [2.45, 2.75) is 6.42 Å². The van der Waals surface area contributed by atoms with Crippen LogP contribution in [0.3, 0.4) is 0 Å². The summed E-state index contributed by atoms with van der Waals surface area (Å²) in [5.41, 5.74) is 2.04.